The van der Waals surface area contributed by atoms with Gasteiger partial charge in [-0.2, -0.15) is 5.26 Å². The molecular formula is C22H21N3O. The smallest absolute Gasteiger partial charge is 0.252 e. The second-order valence-electron chi connectivity index (χ2n) is 7.32. The molecule has 130 valence electrons. The fourth-order valence-corrected chi connectivity index (χ4v) is 2.80. The number of nitriles is 1. The fourth-order valence-electron chi connectivity index (χ4n) is 2.80. The van der Waals surface area contributed by atoms with E-state index in [2.05, 4.69) is 37.1 Å². The summed E-state index contributed by atoms with van der Waals surface area (Å²) in [5.41, 5.74) is 3.35. The molecule has 0 aliphatic rings. The lowest BCUT2D eigenvalue weighted by molar-refractivity contribution is 0.0945. The van der Waals surface area contributed by atoms with Crippen LogP contribution in [0.4, 0.5) is 0 Å². The molecule has 1 heterocycles. The summed E-state index contributed by atoms with van der Waals surface area (Å²) in [6, 6.07) is 18.4. The number of amides is 1. The Balaban J connectivity index is 1.80. The number of fused-ring (bicyclic) bond motifs is 1. The first kappa shape index (κ1) is 17.6. The molecule has 1 unspecified atom stereocenters. The van der Waals surface area contributed by atoms with E-state index in [9.17, 15) is 10.1 Å². The lowest BCUT2D eigenvalue weighted by Gasteiger charge is -2.20. The molecule has 0 saturated carbocycles. The minimum absolute atomic E-state index is 0.0447. The molecule has 1 aromatic heterocycles. The van der Waals surface area contributed by atoms with Gasteiger partial charge in [-0.1, -0.05) is 51.1 Å². The largest absolute Gasteiger partial charge is 0.333 e. The van der Waals surface area contributed by atoms with Crippen LogP contribution in [0, 0.1) is 11.3 Å². The van der Waals surface area contributed by atoms with Crippen LogP contribution >= 0.6 is 0 Å². The van der Waals surface area contributed by atoms with E-state index in [4.69, 9.17) is 0 Å². The minimum Gasteiger partial charge on any atom is -0.333 e. The maximum Gasteiger partial charge on any atom is 0.252 e. The zero-order chi connectivity index (χ0) is 18.7. The van der Waals surface area contributed by atoms with E-state index in [1.165, 1.54) is 5.56 Å². The molecule has 1 atom stereocenters. The summed E-state index contributed by atoms with van der Waals surface area (Å²) in [7, 11) is 0. The van der Waals surface area contributed by atoms with Gasteiger partial charge in [0.1, 0.15) is 6.04 Å². The number of carbonyl (C=O) groups is 1. The number of hydrogen-bond donors (Lipinski definition) is 1. The van der Waals surface area contributed by atoms with Crippen molar-refractivity contribution in [2.75, 3.05) is 0 Å². The highest BCUT2D eigenvalue weighted by Crippen LogP contribution is 2.24. The van der Waals surface area contributed by atoms with Crippen molar-refractivity contribution in [2.45, 2.75) is 32.2 Å². The first-order chi connectivity index (χ1) is 12.4. The zero-order valence-corrected chi connectivity index (χ0v) is 15.2. The number of pyridine rings is 1. The average molecular weight is 343 g/mol. The minimum atomic E-state index is -0.693. The molecule has 0 saturated heterocycles. The third-order valence-corrected chi connectivity index (χ3v) is 4.38. The van der Waals surface area contributed by atoms with Gasteiger partial charge >= 0.3 is 0 Å². The van der Waals surface area contributed by atoms with Gasteiger partial charge in [0.05, 0.1) is 11.6 Å². The van der Waals surface area contributed by atoms with Gasteiger partial charge in [0.2, 0.25) is 0 Å². The molecule has 0 fully saturated rings. The monoisotopic (exact) mass is 343 g/mol. The van der Waals surface area contributed by atoms with Gasteiger partial charge in [0, 0.05) is 17.1 Å². The molecule has 3 aromatic rings. The third-order valence-electron chi connectivity index (χ3n) is 4.38. The van der Waals surface area contributed by atoms with Gasteiger partial charge in [-0.25, -0.2) is 0 Å². The van der Waals surface area contributed by atoms with Crippen LogP contribution in [0.3, 0.4) is 0 Å². The van der Waals surface area contributed by atoms with Crippen LogP contribution in [-0.2, 0) is 5.41 Å². The first-order valence-corrected chi connectivity index (χ1v) is 8.54. The summed E-state index contributed by atoms with van der Waals surface area (Å²) < 4.78 is 0. The summed E-state index contributed by atoms with van der Waals surface area (Å²) in [5, 5.41) is 13.2. The van der Waals surface area contributed by atoms with Crippen molar-refractivity contribution in [2.24, 2.45) is 0 Å². The van der Waals surface area contributed by atoms with Gasteiger partial charge < -0.3 is 5.32 Å². The zero-order valence-electron chi connectivity index (χ0n) is 15.2. The Kier molecular flexibility index (Phi) is 4.73. The molecule has 0 aliphatic heterocycles. The molecule has 0 bridgehead atoms. The summed E-state index contributed by atoms with van der Waals surface area (Å²) in [5.74, 6) is -0.276. The second-order valence-corrected chi connectivity index (χ2v) is 7.32. The highest BCUT2D eigenvalue weighted by Gasteiger charge is 2.18. The van der Waals surface area contributed by atoms with Crippen molar-refractivity contribution in [1.82, 2.24) is 10.3 Å². The number of aromatic nitrogens is 1. The molecular weight excluding hydrogens is 322 g/mol. The van der Waals surface area contributed by atoms with E-state index >= 15 is 0 Å². The van der Waals surface area contributed by atoms with E-state index in [0.717, 1.165) is 16.5 Å². The van der Waals surface area contributed by atoms with Crippen molar-refractivity contribution in [1.29, 1.82) is 5.26 Å². The van der Waals surface area contributed by atoms with Gasteiger partial charge in [-0.15, -0.1) is 0 Å². The molecule has 4 nitrogen and oxygen atoms in total. The highest BCUT2D eigenvalue weighted by molar-refractivity contribution is 5.98. The Hall–Kier alpha value is -3.19. The number of carbonyl (C=O) groups excluding carboxylic acids is 1. The predicted molar refractivity (Wildman–Crippen MR) is 103 cm³/mol. The Morgan fingerprint density at radius 3 is 2.50 bits per heavy atom. The molecule has 0 radical (unpaired) electrons. The molecule has 0 aliphatic carbocycles. The van der Waals surface area contributed by atoms with Crippen LogP contribution in [0.1, 0.15) is 48.3 Å². The molecule has 0 spiro atoms. The Bertz CT molecular complexity index is 979. The van der Waals surface area contributed by atoms with Gasteiger partial charge in [-0.05, 0) is 40.8 Å². The predicted octanol–water partition coefficient (Wildman–Crippen LogP) is 4.53. The van der Waals surface area contributed by atoms with Crippen LogP contribution in [0.2, 0.25) is 0 Å². The SMILES string of the molecule is CC(C)(C)c1ccc(C(C#N)NC(=O)c2ccc3ncccc3c2)cc1. The molecule has 1 N–H and O–H groups in total. The lowest BCUT2D eigenvalue weighted by atomic mass is 9.86. The van der Waals surface area contributed by atoms with E-state index < -0.39 is 6.04 Å². The number of hydrogen-bond acceptors (Lipinski definition) is 3. The molecule has 3 rings (SSSR count). The lowest BCUT2D eigenvalue weighted by Crippen LogP contribution is -2.27. The van der Waals surface area contributed by atoms with Crippen molar-refractivity contribution >= 4 is 16.8 Å². The van der Waals surface area contributed by atoms with Crippen molar-refractivity contribution in [3.8, 4) is 6.07 Å². The van der Waals surface area contributed by atoms with E-state index in [1.807, 2.05) is 42.5 Å². The third kappa shape index (κ3) is 3.73. The van der Waals surface area contributed by atoms with Crippen LogP contribution in [0.5, 0.6) is 0 Å². The number of nitrogens with one attached hydrogen (secondary N) is 1. The number of rotatable bonds is 3. The summed E-state index contributed by atoms with van der Waals surface area (Å²) in [6.45, 7) is 6.42. The fraction of sp³-hybridized carbons (Fsp3) is 0.227. The average Bonchev–Trinajstić information content (AvgIpc) is 2.65. The number of nitrogens with zero attached hydrogens (tertiary/aromatic N) is 2. The van der Waals surface area contributed by atoms with Crippen LogP contribution in [0.25, 0.3) is 10.9 Å². The molecule has 1 amide bonds. The second kappa shape index (κ2) is 6.97. The Labute approximate surface area is 153 Å². The van der Waals surface area contributed by atoms with Crippen LogP contribution in [0.15, 0.2) is 60.8 Å². The molecule has 4 heteroatoms. The Morgan fingerprint density at radius 1 is 1.12 bits per heavy atom. The maximum absolute atomic E-state index is 12.6. The van der Waals surface area contributed by atoms with Crippen LogP contribution < -0.4 is 5.32 Å². The topological polar surface area (TPSA) is 65.8 Å². The highest BCUT2D eigenvalue weighted by atomic mass is 16.1. The first-order valence-electron chi connectivity index (χ1n) is 8.54. The summed E-state index contributed by atoms with van der Waals surface area (Å²) >= 11 is 0. The Morgan fingerprint density at radius 2 is 1.85 bits per heavy atom. The van der Waals surface area contributed by atoms with E-state index in [-0.39, 0.29) is 11.3 Å². The summed E-state index contributed by atoms with van der Waals surface area (Å²) in [4.78, 5) is 16.8. The van der Waals surface area contributed by atoms with Crippen molar-refractivity contribution in [3.05, 3.63) is 77.5 Å². The van der Waals surface area contributed by atoms with Crippen molar-refractivity contribution in [3.63, 3.8) is 0 Å². The maximum atomic E-state index is 12.6. The van der Waals surface area contributed by atoms with Gasteiger partial charge in [-0.3, -0.25) is 9.78 Å². The van der Waals surface area contributed by atoms with Gasteiger partial charge in [0.15, 0.2) is 0 Å². The van der Waals surface area contributed by atoms with Gasteiger partial charge in [0.25, 0.3) is 5.91 Å². The quantitative estimate of drug-likeness (QED) is 0.760. The molecule has 26 heavy (non-hydrogen) atoms. The van der Waals surface area contributed by atoms with Crippen LogP contribution in [-0.4, -0.2) is 10.9 Å². The van der Waals surface area contributed by atoms with Crippen molar-refractivity contribution < 1.29 is 4.79 Å². The molecule has 2 aromatic carbocycles. The van der Waals surface area contributed by atoms with E-state index in [1.54, 1.807) is 18.3 Å². The normalized spacial score (nSPS) is 12.4. The standard InChI is InChI=1S/C22H21N3O/c1-22(2,3)18-9-6-15(7-10-18)20(14-23)25-21(26)17-8-11-19-16(13-17)5-4-12-24-19/h4-13,20H,1-3H3,(H,25,26). The summed E-state index contributed by atoms with van der Waals surface area (Å²) in [6.07, 6.45) is 1.72. The van der Waals surface area contributed by atoms with E-state index in [0.29, 0.717) is 5.56 Å². The number of benzene rings is 2.